The molecule has 0 unspecified atom stereocenters. The van der Waals surface area contributed by atoms with Gasteiger partial charge in [-0.2, -0.15) is 0 Å². The summed E-state index contributed by atoms with van der Waals surface area (Å²) in [5.74, 6) is -1.93. The van der Waals surface area contributed by atoms with Crippen LogP contribution in [0.4, 0.5) is 0 Å². The number of hydrogen-bond donors (Lipinski definition) is 1. The van der Waals surface area contributed by atoms with Crippen LogP contribution in [0, 0.1) is 5.92 Å². The zero-order chi connectivity index (χ0) is 21.2. The van der Waals surface area contributed by atoms with Gasteiger partial charge in [0.15, 0.2) is 15.9 Å². The van der Waals surface area contributed by atoms with E-state index in [2.05, 4.69) is 5.32 Å². The van der Waals surface area contributed by atoms with Gasteiger partial charge in [-0.25, -0.2) is 8.42 Å². The third-order valence-electron chi connectivity index (χ3n) is 5.48. The molecule has 0 radical (unpaired) electrons. The number of carbonyl (C=O) groups is 3. The topological polar surface area (TPSA) is 110 Å². The number of rotatable bonds is 6. The number of sulfone groups is 1. The van der Waals surface area contributed by atoms with Crippen molar-refractivity contribution in [1.29, 1.82) is 0 Å². The molecule has 4 atom stereocenters. The van der Waals surface area contributed by atoms with Crippen molar-refractivity contribution in [2.75, 3.05) is 18.1 Å². The SMILES string of the molecule is C[C@H](OC(=O)[C@H]1CC(=O)N([C@H](C)c2ccccc2)C1)C(=O)N[C@@H]1CCS(=O)(=O)C1. The smallest absolute Gasteiger partial charge is 0.312 e. The Morgan fingerprint density at radius 3 is 2.52 bits per heavy atom. The Morgan fingerprint density at radius 2 is 1.90 bits per heavy atom. The van der Waals surface area contributed by atoms with E-state index in [0.29, 0.717) is 6.42 Å². The summed E-state index contributed by atoms with van der Waals surface area (Å²) in [7, 11) is -3.11. The minimum absolute atomic E-state index is 0.0468. The molecule has 2 heterocycles. The van der Waals surface area contributed by atoms with Gasteiger partial charge in [-0.1, -0.05) is 30.3 Å². The van der Waals surface area contributed by atoms with Gasteiger partial charge in [-0.05, 0) is 25.8 Å². The third-order valence-corrected chi connectivity index (χ3v) is 7.25. The Hall–Kier alpha value is -2.42. The number of ether oxygens (including phenoxy) is 1. The number of esters is 1. The van der Waals surface area contributed by atoms with Crippen molar-refractivity contribution < 1.29 is 27.5 Å². The van der Waals surface area contributed by atoms with E-state index in [1.54, 1.807) is 4.90 Å². The second-order valence-corrected chi connectivity index (χ2v) is 9.95. The fraction of sp³-hybridized carbons (Fsp3) is 0.550. The predicted octanol–water partition coefficient (Wildman–Crippen LogP) is 0.831. The first-order chi connectivity index (χ1) is 13.7. The number of hydrogen-bond acceptors (Lipinski definition) is 6. The molecule has 158 valence electrons. The number of nitrogens with zero attached hydrogens (tertiary/aromatic N) is 1. The van der Waals surface area contributed by atoms with E-state index in [-0.39, 0.29) is 36.4 Å². The van der Waals surface area contributed by atoms with E-state index in [0.717, 1.165) is 5.56 Å². The first-order valence-corrected chi connectivity index (χ1v) is 11.5. The van der Waals surface area contributed by atoms with Crippen LogP contribution in [0.25, 0.3) is 0 Å². The second-order valence-electron chi connectivity index (χ2n) is 7.72. The van der Waals surface area contributed by atoms with Crippen molar-refractivity contribution in [2.45, 2.75) is 44.9 Å². The summed E-state index contributed by atoms with van der Waals surface area (Å²) in [6.07, 6.45) is -0.648. The van der Waals surface area contributed by atoms with Gasteiger partial charge in [-0.3, -0.25) is 14.4 Å². The van der Waals surface area contributed by atoms with Crippen molar-refractivity contribution in [3.05, 3.63) is 35.9 Å². The van der Waals surface area contributed by atoms with Crippen LogP contribution in [-0.2, 0) is 29.0 Å². The molecule has 2 aliphatic rings. The van der Waals surface area contributed by atoms with Crippen LogP contribution in [0.15, 0.2) is 30.3 Å². The molecule has 0 aromatic heterocycles. The van der Waals surface area contributed by atoms with E-state index in [4.69, 9.17) is 4.74 Å². The molecule has 8 nitrogen and oxygen atoms in total. The van der Waals surface area contributed by atoms with Crippen LogP contribution in [0.3, 0.4) is 0 Å². The maximum Gasteiger partial charge on any atom is 0.312 e. The largest absolute Gasteiger partial charge is 0.452 e. The molecule has 29 heavy (non-hydrogen) atoms. The van der Waals surface area contributed by atoms with Crippen LogP contribution in [0.2, 0.25) is 0 Å². The molecule has 0 bridgehead atoms. The van der Waals surface area contributed by atoms with Gasteiger partial charge in [0.05, 0.1) is 23.5 Å². The summed E-state index contributed by atoms with van der Waals surface area (Å²) >= 11 is 0. The Kier molecular flexibility index (Phi) is 6.26. The standard InChI is InChI=1S/C20H26N2O6S/c1-13(15-6-4-3-5-7-15)22-11-16(10-18(22)23)20(25)28-14(2)19(24)21-17-8-9-29(26,27)12-17/h3-7,13-14,16-17H,8-12H2,1-2H3,(H,21,24)/t13-,14+,16+,17-/m1/s1. The minimum atomic E-state index is -3.11. The lowest BCUT2D eigenvalue weighted by Crippen LogP contribution is -2.43. The Balaban J connectivity index is 1.53. The lowest BCUT2D eigenvalue weighted by atomic mass is 10.1. The molecule has 2 aliphatic heterocycles. The van der Waals surface area contributed by atoms with E-state index >= 15 is 0 Å². The van der Waals surface area contributed by atoms with Crippen molar-refractivity contribution in [3.8, 4) is 0 Å². The summed E-state index contributed by atoms with van der Waals surface area (Å²) in [6.45, 7) is 3.59. The molecule has 0 aliphatic carbocycles. The maximum absolute atomic E-state index is 12.5. The van der Waals surface area contributed by atoms with E-state index in [1.165, 1.54) is 6.92 Å². The average molecular weight is 423 g/mol. The Labute approximate surface area is 170 Å². The lowest BCUT2D eigenvalue weighted by molar-refractivity contribution is -0.158. The second kappa shape index (κ2) is 8.52. The maximum atomic E-state index is 12.5. The van der Waals surface area contributed by atoms with E-state index < -0.39 is 39.8 Å². The summed E-state index contributed by atoms with van der Waals surface area (Å²) in [5.41, 5.74) is 0.981. The highest BCUT2D eigenvalue weighted by Gasteiger charge is 2.39. The molecule has 1 aromatic rings. The summed E-state index contributed by atoms with van der Waals surface area (Å²) in [4.78, 5) is 38.7. The average Bonchev–Trinajstić information content (AvgIpc) is 3.23. The molecule has 1 aromatic carbocycles. The molecule has 1 N–H and O–H groups in total. The zero-order valence-corrected chi connectivity index (χ0v) is 17.4. The molecule has 3 rings (SSSR count). The fourth-order valence-corrected chi connectivity index (χ4v) is 5.40. The van der Waals surface area contributed by atoms with Crippen LogP contribution in [0.5, 0.6) is 0 Å². The van der Waals surface area contributed by atoms with Gasteiger partial charge in [0.1, 0.15) is 0 Å². The van der Waals surface area contributed by atoms with E-state index in [9.17, 15) is 22.8 Å². The molecular formula is C20H26N2O6S. The summed E-state index contributed by atoms with van der Waals surface area (Å²) in [6, 6.07) is 8.94. The number of carbonyl (C=O) groups excluding carboxylic acids is 3. The van der Waals surface area contributed by atoms with Crippen LogP contribution in [0.1, 0.15) is 38.3 Å². The predicted molar refractivity (Wildman–Crippen MR) is 105 cm³/mol. The van der Waals surface area contributed by atoms with Gasteiger partial charge in [0, 0.05) is 19.0 Å². The molecule has 2 amide bonds. The van der Waals surface area contributed by atoms with Gasteiger partial charge in [-0.15, -0.1) is 0 Å². The minimum Gasteiger partial charge on any atom is -0.452 e. The van der Waals surface area contributed by atoms with E-state index in [1.807, 2.05) is 37.3 Å². The first-order valence-electron chi connectivity index (χ1n) is 9.72. The van der Waals surface area contributed by atoms with Crippen molar-refractivity contribution in [1.82, 2.24) is 10.2 Å². The molecular weight excluding hydrogens is 396 g/mol. The highest BCUT2D eigenvalue weighted by Crippen LogP contribution is 2.29. The van der Waals surface area contributed by atoms with Crippen molar-refractivity contribution in [2.24, 2.45) is 5.92 Å². The van der Waals surface area contributed by atoms with Crippen LogP contribution >= 0.6 is 0 Å². The van der Waals surface area contributed by atoms with Gasteiger partial charge in [0.2, 0.25) is 5.91 Å². The quantitative estimate of drug-likeness (QED) is 0.680. The Morgan fingerprint density at radius 1 is 1.21 bits per heavy atom. The number of benzene rings is 1. The summed E-state index contributed by atoms with van der Waals surface area (Å²) < 4.78 is 28.2. The van der Waals surface area contributed by atoms with Gasteiger partial charge < -0.3 is 15.0 Å². The molecule has 0 spiro atoms. The van der Waals surface area contributed by atoms with Gasteiger partial charge in [0.25, 0.3) is 5.91 Å². The number of amides is 2. The highest BCUT2D eigenvalue weighted by atomic mass is 32.2. The molecule has 0 saturated carbocycles. The Bertz CT molecular complexity index is 885. The van der Waals surface area contributed by atoms with Gasteiger partial charge >= 0.3 is 5.97 Å². The van der Waals surface area contributed by atoms with Crippen LogP contribution in [-0.4, -0.2) is 61.3 Å². The molecule has 2 saturated heterocycles. The van der Waals surface area contributed by atoms with Crippen molar-refractivity contribution >= 4 is 27.6 Å². The number of likely N-dealkylation sites (tertiary alicyclic amines) is 1. The zero-order valence-electron chi connectivity index (χ0n) is 16.5. The first kappa shape index (κ1) is 21.3. The molecule has 2 fully saturated rings. The number of nitrogens with one attached hydrogen (secondary N) is 1. The third kappa shape index (κ3) is 5.14. The highest BCUT2D eigenvalue weighted by molar-refractivity contribution is 7.91. The monoisotopic (exact) mass is 422 g/mol. The van der Waals surface area contributed by atoms with Crippen LogP contribution < -0.4 is 5.32 Å². The summed E-state index contributed by atoms with van der Waals surface area (Å²) in [5, 5.41) is 2.61. The normalized spacial score (nSPS) is 25.4. The fourth-order valence-electron chi connectivity index (χ4n) is 3.73. The lowest BCUT2D eigenvalue weighted by Gasteiger charge is -2.25. The van der Waals surface area contributed by atoms with Crippen molar-refractivity contribution in [3.63, 3.8) is 0 Å². The molecule has 9 heteroatoms.